The Kier molecular flexibility index (Phi) is 3.99. The van der Waals surface area contributed by atoms with E-state index >= 15 is 0 Å². The quantitative estimate of drug-likeness (QED) is 0.607. The number of amides is 1. The number of carbonyl (C=O) groups excluding carboxylic acids is 2. The van der Waals surface area contributed by atoms with Gasteiger partial charge >= 0.3 is 0 Å². The number of carbonyl (C=O) groups is 2. The molecular formula is C13H14ClNO3. The van der Waals surface area contributed by atoms with E-state index in [1.807, 2.05) is 6.92 Å². The zero-order valence-corrected chi connectivity index (χ0v) is 10.9. The molecule has 0 bridgehead atoms. The second kappa shape index (κ2) is 5.50. The average molecular weight is 268 g/mol. The molecule has 0 saturated carbocycles. The minimum absolute atomic E-state index is 0.373. The number of rotatable bonds is 5. The Hall–Kier alpha value is -1.39. The first-order valence-corrected chi connectivity index (χ1v) is 6.26. The molecule has 18 heavy (non-hydrogen) atoms. The molecule has 1 aliphatic heterocycles. The molecule has 0 aromatic heterocycles. The SMILES string of the molecule is CCCOCCN1C(=O)C(=O)c2ccc(Cl)cc21. The van der Waals surface area contributed by atoms with Gasteiger partial charge in [-0.2, -0.15) is 0 Å². The number of halogens is 1. The fraction of sp³-hybridized carbons (Fsp3) is 0.385. The Morgan fingerprint density at radius 2 is 2.06 bits per heavy atom. The molecule has 96 valence electrons. The molecule has 1 amide bonds. The molecule has 4 nitrogen and oxygen atoms in total. The minimum Gasteiger partial charge on any atom is -0.380 e. The minimum atomic E-state index is -0.507. The van der Waals surface area contributed by atoms with Crippen LogP contribution in [0.1, 0.15) is 23.7 Å². The normalized spacial score (nSPS) is 14.2. The van der Waals surface area contributed by atoms with Crippen molar-refractivity contribution in [2.45, 2.75) is 13.3 Å². The van der Waals surface area contributed by atoms with Crippen LogP contribution in [0.25, 0.3) is 0 Å². The highest BCUT2D eigenvalue weighted by Crippen LogP contribution is 2.31. The monoisotopic (exact) mass is 267 g/mol. The number of hydrogen-bond donors (Lipinski definition) is 0. The van der Waals surface area contributed by atoms with Gasteiger partial charge in [0.1, 0.15) is 0 Å². The van der Waals surface area contributed by atoms with Gasteiger partial charge in [-0.05, 0) is 24.6 Å². The first kappa shape index (κ1) is 13.1. The van der Waals surface area contributed by atoms with Gasteiger partial charge in [0.25, 0.3) is 11.7 Å². The van der Waals surface area contributed by atoms with Crippen LogP contribution in [0.5, 0.6) is 0 Å². The van der Waals surface area contributed by atoms with E-state index in [0.717, 1.165) is 6.42 Å². The van der Waals surface area contributed by atoms with E-state index in [2.05, 4.69) is 0 Å². The summed E-state index contributed by atoms with van der Waals surface area (Å²) in [5.41, 5.74) is 0.998. The fourth-order valence-corrected chi connectivity index (χ4v) is 2.06. The Balaban J connectivity index is 2.14. The van der Waals surface area contributed by atoms with E-state index in [-0.39, 0.29) is 0 Å². The van der Waals surface area contributed by atoms with Crippen LogP contribution in [0.3, 0.4) is 0 Å². The number of benzene rings is 1. The maximum atomic E-state index is 11.8. The van der Waals surface area contributed by atoms with Crippen LogP contribution in [0, 0.1) is 0 Å². The zero-order valence-electron chi connectivity index (χ0n) is 10.1. The number of hydrogen-bond acceptors (Lipinski definition) is 3. The van der Waals surface area contributed by atoms with Crippen molar-refractivity contribution in [2.24, 2.45) is 0 Å². The van der Waals surface area contributed by atoms with Crippen LogP contribution >= 0.6 is 11.6 Å². The van der Waals surface area contributed by atoms with Gasteiger partial charge in [-0.3, -0.25) is 9.59 Å². The summed E-state index contributed by atoms with van der Waals surface area (Å²) < 4.78 is 5.34. The Labute approximate surface area is 110 Å². The third-order valence-corrected chi connectivity index (χ3v) is 2.98. The molecule has 0 saturated heterocycles. The molecule has 0 unspecified atom stereocenters. The molecule has 0 aliphatic carbocycles. The average Bonchev–Trinajstić information content (AvgIpc) is 2.59. The van der Waals surface area contributed by atoms with Crippen LogP contribution in [-0.2, 0) is 9.53 Å². The lowest BCUT2D eigenvalue weighted by molar-refractivity contribution is -0.114. The summed E-state index contributed by atoms with van der Waals surface area (Å²) in [5.74, 6) is -0.982. The van der Waals surface area contributed by atoms with Crippen LogP contribution in [0.2, 0.25) is 5.02 Å². The highest BCUT2D eigenvalue weighted by molar-refractivity contribution is 6.52. The van der Waals surface area contributed by atoms with Crippen LogP contribution in [0.15, 0.2) is 18.2 Å². The first-order valence-electron chi connectivity index (χ1n) is 5.88. The Morgan fingerprint density at radius 1 is 1.28 bits per heavy atom. The van der Waals surface area contributed by atoms with E-state index in [0.29, 0.717) is 36.0 Å². The van der Waals surface area contributed by atoms with Crippen LogP contribution in [-0.4, -0.2) is 31.4 Å². The van der Waals surface area contributed by atoms with Crippen molar-refractivity contribution < 1.29 is 14.3 Å². The van der Waals surface area contributed by atoms with E-state index in [4.69, 9.17) is 16.3 Å². The molecule has 0 N–H and O–H groups in total. The van der Waals surface area contributed by atoms with Crippen molar-refractivity contribution in [1.29, 1.82) is 0 Å². The van der Waals surface area contributed by atoms with Gasteiger partial charge in [-0.15, -0.1) is 0 Å². The maximum absolute atomic E-state index is 11.8. The lowest BCUT2D eigenvalue weighted by Gasteiger charge is -2.16. The Bertz CT molecular complexity index is 487. The molecular weight excluding hydrogens is 254 g/mol. The number of ether oxygens (including phenoxy) is 1. The van der Waals surface area contributed by atoms with E-state index < -0.39 is 11.7 Å². The number of anilines is 1. The molecule has 2 rings (SSSR count). The molecule has 0 spiro atoms. The van der Waals surface area contributed by atoms with Gasteiger partial charge < -0.3 is 9.64 Å². The summed E-state index contributed by atoms with van der Waals surface area (Å²) in [4.78, 5) is 25.0. The second-order valence-electron chi connectivity index (χ2n) is 4.06. The highest BCUT2D eigenvalue weighted by atomic mass is 35.5. The lowest BCUT2D eigenvalue weighted by Crippen LogP contribution is -2.32. The summed E-state index contributed by atoms with van der Waals surface area (Å²) in [7, 11) is 0. The largest absolute Gasteiger partial charge is 0.380 e. The summed E-state index contributed by atoms with van der Waals surface area (Å²) in [6.45, 7) is 3.45. The predicted octanol–water partition coefficient (Wildman–Crippen LogP) is 2.30. The van der Waals surface area contributed by atoms with Gasteiger partial charge in [0, 0.05) is 18.2 Å². The van der Waals surface area contributed by atoms with Crippen LogP contribution < -0.4 is 4.90 Å². The molecule has 1 heterocycles. The molecule has 0 radical (unpaired) electrons. The number of fused-ring (bicyclic) bond motifs is 1. The molecule has 0 atom stereocenters. The second-order valence-corrected chi connectivity index (χ2v) is 4.50. The molecule has 0 fully saturated rings. The molecule has 1 aromatic carbocycles. The number of Topliss-reactive ketones (excluding diaryl/α,β-unsaturated/α-hetero) is 1. The summed E-state index contributed by atoms with van der Waals surface area (Å²) in [6, 6.07) is 4.84. The Morgan fingerprint density at radius 3 is 2.78 bits per heavy atom. The summed E-state index contributed by atoms with van der Waals surface area (Å²) >= 11 is 5.89. The third kappa shape index (κ3) is 2.40. The van der Waals surface area contributed by atoms with Crippen LogP contribution in [0.4, 0.5) is 5.69 Å². The van der Waals surface area contributed by atoms with Crippen molar-refractivity contribution in [3.05, 3.63) is 28.8 Å². The predicted molar refractivity (Wildman–Crippen MR) is 69.2 cm³/mol. The van der Waals surface area contributed by atoms with Crippen molar-refractivity contribution in [2.75, 3.05) is 24.7 Å². The highest BCUT2D eigenvalue weighted by Gasteiger charge is 2.35. The molecule has 5 heteroatoms. The topological polar surface area (TPSA) is 46.6 Å². The van der Waals surface area contributed by atoms with Crippen molar-refractivity contribution in [3.63, 3.8) is 0 Å². The standard InChI is InChI=1S/C13H14ClNO3/c1-2-6-18-7-5-15-11-8-9(14)3-4-10(11)12(16)13(15)17/h3-4,8H,2,5-7H2,1H3. The lowest BCUT2D eigenvalue weighted by atomic mass is 10.1. The van der Waals surface area contributed by atoms with E-state index in [9.17, 15) is 9.59 Å². The maximum Gasteiger partial charge on any atom is 0.299 e. The van der Waals surface area contributed by atoms with Crippen molar-refractivity contribution in [3.8, 4) is 0 Å². The number of nitrogens with zero attached hydrogens (tertiary/aromatic N) is 1. The van der Waals surface area contributed by atoms with Gasteiger partial charge in [-0.1, -0.05) is 18.5 Å². The van der Waals surface area contributed by atoms with E-state index in [1.54, 1.807) is 18.2 Å². The zero-order chi connectivity index (χ0) is 13.1. The molecule has 1 aromatic rings. The van der Waals surface area contributed by atoms with Gasteiger partial charge in [-0.25, -0.2) is 0 Å². The van der Waals surface area contributed by atoms with E-state index in [1.165, 1.54) is 4.90 Å². The fourth-order valence-electron chi connectivity index (χ4n) is 1.89. The van der Waals surface area contributed by atoms with Crippen molar-refractivity contribution in [1.82, 2.24) is 0 Å². The molecule has 1 aliphatic rings. The summed E-state index contributed by atoms with van der Waals surface area (Å²) in [5, 5.41) is 0.510. The smallest absolute Gasteiger partial charge is 0.299 e. The van der Waals surface area contributed by atoms with Crippen molar-refractivity contribution >= 4 is 29.0 Å². The number of ketones is 1. The first-order chi connectivity index (χ1) is 8.65. The van der Waals surface area contributed by atoms with Gasteiger partial charge in [0.2, 0.25) is 0 Å². The third-order valence-electron chi connectivity index (χ3n) is 2.74. The summed E-state index contributed by atoms with van der Waals surface area (Å²) in [6.07, 6.45) is 0.926. The van der Waals surface area contributed by atoms with Gasteiger partial charge in [0.15, 0.2) is 0 Å². The van der Waals surface area contributed by atoms with Gasteiger partial charge in [0.05, 0.1) is 17.9 Å².